The van der Waals surface area contributed by atoms with Crippen LogP contribution in [0.1, 0.15) is 71.8 Å². The van der Waals surface area contributed by atoms with Crippen molar-refractivity contribution in [3.8, 4) is 0 Å². The monoisotopic (exact) mass is 409 g/mol. The summed E-state index contributed by atoms with van der Waals surface area (Å²) in [4.78, 5) is 11.4. The molecule has 0 heterocycles. The number of benzene rings is 1. The molecule has 0 aliphatic carbocycles. The molecule has 164 valence electrons. The van der Waals surface area contributed by atoms with Crippen LogP contribution in [0.5, 0.6) is 0 Å². The third-order valence-corrected chi connectivity index (χ3v) is 4.68. The molecule has 0 amide bonds. The molecule has 0 radical (unpaired) electrons. The molecule has 1 N–H and O–H groups in total. The molecule has 0 bridgehead atoms. The standard InChI is InChI=1S/C27H39NO2/c1-5-7-8-9-10-13-21-28-26-18-12-11-17-25(26)20-19-23(3)15-14-16-24(4)22-27(29)30-6-2/h11-12,14-20,22,28H,5-10,13,21H2,1-4H3/b16-14+,20-19?,23-15?,24-22+. The van der Waals surface area contributed by atoms with Crippen LogP contribution in [0.2, 0.25) is 0 Å². The number of anilines is 1. The van der Waals surface area contributed by atoms with Crippen LogP contribution in [-0.4, -0.2) is 19.1 Å². The van der Waals surface area contributed by atoms with Crippen LogP contribution in [0.3, 0.4) is 0 Å². The van der Waals surface area contributed by atoms with Crippen LogP contribution < -0.4 is 5.32 Å². The van der Waals surface area contributed by atoms with Gasteiger partial charge in [0.1, 0.15) is 0 Å². The van der Waals surface area contributed by atoms with Crippen molar-refractivity contribution in [2.24, 2.45) is 0 Å². The van der Waals surface area contributed by atoms with E-state index < -0.39 is 0 Å². The fourth-order valence-corrected chi connectivity index (χ4v) is 2.98. The molecule has 0 saturated heterocycles. The molecular formula is C27H39NO2. The molecule has 1 rings (SSSR count). The smallest absolute Gasteiger partial charge is 0.330 e. The molecule has 0 atom stereocenters. The Morgan fingerprint density at radius 2 is 1.70 bits per heavy atom. The second kappa shape index (κ2) is 16.3. The summed E-state index contributed by atoms with van der Waals surface area (Å²) in [7, 11) is 0. The number of para-hydroxylation sites is 1. The first-order chi connectivity index (χ1) is 14.6. The lowest BCUT2D eigenvalue weighted by atomic mass is 10.1. The third-order valence-electron chi connectivity index (χ3n) is 4.68. The predicted molar refractivity (Wildman–Crippen MR) is 131 cm³/mol. The van der Waals surface area contributed by atoms with Crippen molar-refractivity contribution >= 4 is 17.7 Å². The molecule has 0 spiro atoms. The van der Waals surface area contributed by atoms with Gasteiger partial charge in [-0.05, 0) is 44.4 Å². The van der Waals surface area contributed by atoms with Crippen LogP contribution >= 0.6 is 0 Å². The lowest BCUT2D eigenvalue weighted by Crippen LogP contribution is -2.02. The van der Waals surface area contributed by atoms with Gasteiger partial charge in [-0.3, -0.25) is 0 Å². The van der Waals surface area contributed by atoms with Crippen molar-refractivity contribution in [2.75, 3.05) is 18.5 Å². The van der Waals surface area contributed by atoms with Crippen molar-refractivity contribution in [1.82, 2.24) is 0 Å². The van der Waals surface area contributed by atoms with E-state index in [4.69, 9.17) is 4.74 Å². The van der Waals surface area contributed by atoms with E-state index in [1.165, 1.54) is 55.9 Å². The second-order valence-electron chi connectivity index (χ2n) is 7.53. The highest BCUT2D eigenvalue weighted by atomic mass is 16.5. The lowest BCUT2D eigenvalue weighted by molar-refractivity contribution is -0.137. The summed E-state index contributed by atoms with van der Waals surface area (Å²) >= 11 is 0. The molecule has 1 aromatic carbocycles. The first-order valence-electron chi connectivity index (χ1n) is 11.3. The summed E-state index contributed by atoms with van der Waals surface area (Å²) < 4.78 is 4.91. The topological polar surface area (TPSA) is 38.3 Å². The molecular weight excluding hydrogens is 370 g/mol. The van der Waals surface area contributed by atoms with Gasteiger partial charge in [-0.15, -0.1) is 0 Å². The van der Waals surface area contributed by atoms with Gasteiger partial charge in [0.15, 0.2) is 0 Å². The maximum absolute atomic E-state index is 11.4. The summed E-state index contributed by atoms with van der Waals surface area (Å²) in [5.74, 6) is -0.301. The van der Waals surface area contributed by atoms with Gasteiger partial charge in [0.2, 0.25) is 0 Å². The van der Waals surface area contributed by atoms with Gasteiger partial charge in [0.05, 0.1) is 6.61 Å². The molecule has 0 saturated carbocycles. The van der Waals surface area contributed by atoms with Gasteiger partial charge < -0.3 is 10.1 Å². The van der Waals surface area contributed by atoms with Gasteiger partial charge in [-0.25, -0.2) is 4.79 Å². The number of carbonyl (C=O) groups excluding carboxylic acids is 1. The van der Waals surface area contributed by atoms with E-state index in [9.17, 15) is 4.79 Å². The van der Waals surface area contributed by atoms with Crippen LogP contribution in [0.4, 0.5) is 5.69 Å². The number of unbranched alkanes of at least 4 members (excludes halogenated alkanes) is 5. The Kier molecular flexibility index (Phi) is 13.8. The highest BCUT2D eigenvalue weighted by molar-refractivity contribution is 5.83. The van der Waals surface area contributed by atoms with E-state index in [2.05, 4.69) is 55.6 Å². The van der Waals surface area contributed by atoms with Crippen molar-refractivity contribution in [3.63, 3.8) is 0 Å². The van der Waals surface area contributed by atoms with Crippen molar-refractivity contribution < 1.29 is 9.53 Å². The number of allylic oxidation sites excluding steroid dienone is 6. The zero-order valence-electron chi connectivity index (χ0n) is 19.2. The number of hydrogen-bond acceptors (Lipinski definition) is 3. The van der Waals surface area contributed by atoms with Crippen LogP contribution in [0.15, 0.2) is 65.8 Å². The molecule has 0 aromatic heterocycles. The number of nitrogens with one attached hydrogen (secondary N) is 1. The Morgan fingerprint density at radius 3 is 2.47 bits per heavy atom. The number of ether oxygens (including phenoxy) is 1. The maximum Gasteiger partial charge on any atom is 0.330 e. The normalized spacial score (nSPS) is 12.7. The number of rotatable bonds is 14. The Bertz CT molecular complexity index is 741. The van der Waals surface area contributed by atoms with Gasteiger partial charge >= 0.3 is 5.97 Å². The van der Waals surface area contributed by atoms with Crippen LogP contribution in [0, 0.1) is 0 Å². The summed E-state index contributed by atoms with van der Waals surface area (Å²) in [6.07, 6.45) is 19.5. The van der Waals surface area contributed by atoms with Gasteiger partial charge in [0.25, 0.3) is 0 Å². The third kappa shape index (κ3) is 12.1. The first-order valence-corrected chi connectivity index (χ1v) is 11.3. The van der Waals surface area contributed by atoms with Crippen molar-refractivity contribution in [1.29, 1.82) is 0 Å². The van der Waals surface area contributed by atoms with Crippen LogP contribution in [-0.2, 0) is 9.53 Å². The van der Waals surface area contributed by atoms with E-state index in [0.29, 0.717) is 6.61 Å². The van der Waals surface area contributed by atoms with Crippen molar-refractivity contribution in [2.45, 2.75) is 66.2 Å². The van der Waals surface area contributed by atoms with E-state index in [1.54, 1.807) is 6.92 Å². The molecule has 0 fully saturated rings. The van der Waals surface area contributed by atoms with E-state index >= 15 is 0 Å². The largest absolute Gasteiger partial charge is 0.463 e. The molecule has 0 aliphatic heterocycles. The Morgan fingerprint density at radius 1 is 0.967 bits per heavy atom. The number of carbonyl (C=O) groups is 1. The van der Waals surface area contributed by atoms with E-state index in [1.807, 2.05) is 25.2 Å². The lowest BCUT2D eigenvalue weighted by Gasteiger charge is -2.09. The fraction of sp³-hybridized carbons (Fsp3) is 0.444. The predicted octanol–water partition coefficient (Wildman–Crippen LogP) is 7.48. The Balaban J connectivity index is 2.56. The SMILES string of the molecule is CCCCCCCCNc1ccccc1C=CC(C)=C/C=C/C(C)=C/C(=O)OCC. The highest BCUT2D eigenvalue weighted by Crippen LogP contribution is 2.18. The average molecular weight is 410 g/mol. The summed E-state index contributed by atoms with van der Waals surface area (Å²) in [6.45, 7) is 9.42. The molecule has 0 aliphatic rings. The zero-order chi connectivity index (χ0) is 22.0. The van der Waals surface area contributed by atoms with Crippen molar-refractivity contribution in [3.05, 3.63) is 71.4 Å². The Labute approximate surface area is 183 Å². The fourth-order valence-electron chi connectivity index (χ4n) is 2.98. The number of esters is 1. The summed E-state index contributed by atoms with van der Waals surface area (Å²) in [6, 6.07) is 8.41. The summed E-state index contributed by atoms with van der Waals surface area (Å²) in [5.41, 5.74) is 4.38. The molecule has 0 unspecified atom stereocenters. The second-order valence-corrected chi connectivity index (χ2v) is 7.53. The minimum atomic E-state index is -0.301. The van der Waals surface area contributed by atoms with E-state index in [-0.39, 0.29) is 5.97 Å². The first kappa shape index (κ1) is 25.5. The minimum absolute atomic E-state index is 0.301. The molecule has 30 heavy (non-hydrogen) atoms. The zero-order valence-corrected chi connectivity index (χ0v) is 19.2. The summed E-state index contributed by atoms with van der Waals surface area (Å²) in [5, 5.41) is 3.58. The number of hydrogen-bond donors (Lipinski definition) is 1. The van der Waals surface area contributed by atoms with Gasteiger partial charge in [0, 0.05) is 18.3 Å². The minimum Gasteiger partial charge on any atom is -0.463 e. The van der Waals surface area contributed by atoms with Gasteiger partial charge in [-0.1, -0.05) is 93.2 Å². The average Bonchev–Trinajstić information content (AvgIpc) is 2.72. The van der Waals surface area contributed by atoms with E-state index in [0.717, 1.165) is 17.7 Å². The molecule has 3 heteroatoms. The van der Waals surface area contributed by atoms with Crippen LogP contribution in [0.25, 0.3) is 6.08 Å². The molecule has 1 aromatic rings. The maximum atomic E-state index is 11.4. The molecule has 3 nitrogen and oxygen atoms in total. The van der Waals surface area contributed by atoms with Gasteiger partial charge in [-0.2, -0.15) is 0 Å². The Hall–Kier alpha value is -2.55. The highest BCUT2D eigenvalue weighted by Gasteiger charge is 1.98. The quantitative estimate of drug-likeness (QED) is 0.150.